The summed E-state index contributed by atoms with van der Waals surface area (Å²) in [6.07, 6.45) is 5.96. The number of nitro groups is 1. The van der Waals surface area contributed by atoms with Crippen LogP contribution in [-0.4, -0.2) is 34.1 Å². The van der Waals surface area contributed by atoms with Crippen LogP contribution in [0.1, 0.15) is 32.1 Å². The maximum atomic E-state index is 12.0. The fourth-order valence-corrected chi connectivity index (χ4v) is 5.51. The number of amides is 1. The summed E-state index contributed by atoms with van der Waals surface area (Å²) in [5, 5.41) is 12.9. The third kappa shape index (κ3) is 2.94. The van der Waals surface area contributed by atoms with E-state index < -0.39 is 11.0 Å². The Hall–Kier alpha value is -2.16. The van der Waals surface area contributed by atoms with E-state index in [0.29, 0.717) is 11.8 Å². The van der Waals surface area contributed by atoms with Gasteiger partial charge in [-0.15, -0.1) is 0 Å². The third-order valence-electron chi connectivity index (χ3n) is 6.02. The van der Waals surface area contributed by atoms with Crippen LogP contribution in [0, 0.1) is 33.8 Å². The van der Waals surface area contributed by atoms with E-state index in [1.165, 1.54) is 18.5 Å². The zero-order valence-electron chi connectivity index (χ0n) is 14.3. The highest BCUT2D eigenvalue weighted by Gasteiger charge is 2.51. The minimum absolute atomic E-state index is 0.0119. The molecule has 0 spiro atoms. The lowest BCUT2D eigenvalue weighted by Crippen LogP contribution is -2.61. The van der Waals surface area contributed by atoms with Gasteiger partial charge in [-0.2, -0.15) is 4.98 Å². The number of aromatic nitrogens is 2. The number of hydrogen-bond donors (Lipinski definition) is 1. The molecule has 1 N–H and O–H groups in total. The number of nitrogens with zero attached hydrogens (tertiary/aromatic N) is 4. The molecule has 0 unspecified atom stereocenters. The van der Waals surface area contributed by atoms with Crippen LogP contribution in [0.15, 0.2) is 6.20 Å². The van der Waals surface area contributed by atoms with Gasteiger partial charge in [0.15, 0.2) is 0 Å². The molecule has 4 fully saturated rings. The number of hydrazine groups is 1. The molecule has 0 aromatic carbocycles. The van der Waals surface area contributed by atoms with E-state index in [0.717, 1.165) is 43.7 Å². The number of carbonyl (C=O) groups is 1. The first-order valence-electron chi connectivity index (χ1n) is 8.77. The second kappa shape index (κ2) is 6.53. The number of carbonyl (C=O) groups excluding carboxylic acids is 1. The summed E-state index contributed by atoms with van der Waals surface area (Å²) < 4.78 is 4.74. The second-order valence-electron chi connectivity index (χ2n) is 7.50. The molecule has 10 heteroatoms. The molecule has 1 aromatic rings. The number of anilines is 1. The van der Waals surface area contributed by atoms with Crippen LogP contribution in [0.5, 0.6) is 0 Å². The summed E-state index contributed by atoms with van der Waals surface area (Å²) in [6.45, 7) is 0. The molecule has 0 atom stereocenters. The molecule has 5 rings (SSSR count). The second-order valence-corrected chi connectivity index (χ2v) is 7.84. The van der Waals surface area contributed by atoms with E-state index in [1.807, 2.05) is 0 Å². The number of methoxy groups -OCH3 is 1. The quantitative estimate of drug-likeness (QED) is 0.485. The average molecular weight is 382 g/mol. The van der Waals surface area contributed by atoms with Crippen molar-refractivity contribution >= 4 is 29.2 Å². The Bertz CT molecular complexity index is 717. The number of hydrogen-bond acceptors (Lipinski definition) is 7. The van der Waals surface area contributed by atoms with Gasteiger partial charge in [-0.05, 0) is 67.4 Å². The Labute approximate surface area is 155 Å². The Balaban J connectivity index is 1.75. The van der Waals surface area contributed by atoms with Crippen LogP contribution in [0.25, 0.3) is 0 Å². The summed E-state index contributed by atoms with van der Waals surface area (Å²) in [5.74, 6) is 2.17. The maximum Gasteiger partial charge on any atom is 0.425 e. The van der Waals surface area contributed by atoms with Crippen LogP contribution in [0.2, 0.25) is 5.28 Å². The molecule has 140 valence electrons. The van der Waals surface area contributed by atoms with Crippen molar-refractivity contribution in [2.75, 3.05) is 12.1 Å². The summed E-state index contributed by atoms with van der Waals surface area (Å²) in [4.78, 5) is 30.7. The van der Waals surface area contributed by atoms with Crippen molar-refractivity contribution in [1.82, 2.24) is 15.4 Å². The van der Waals surface area contributed by atoms with Gasteiger partial charge in [-0.25, -0.2) is 15.2 Å². The normalized spacial score (nSPS) is 31.5. The zero-order valence-corrected chi connectivity index (χ0v) is 15.1. The van der Waals surface area contributed by atoms with Gasteiger partial charge in [0.2, 0.25) is 11.1 Å². The number of halogens is 1. The van der Waals surface area contributed by atoms with Gasteiger partial charge >= 0.3 is 11.8 Å². The molecule has 4 saturated carbocycles. The van der Waals surface area contributed by atoms with Gasteiger partial charge in [-0.3, -0.25) is 15.1 Å². The van der Waals surface area contributed by atoms with Crippen molar-refractivity contribution in [3.63, 3.8) is 0 Å². The van der Waals surface area contributed by atoms with Crippen molar-refractivity contribution in [3.05, 3.63) is 21.6 Å². The molecule has 0 saturated heterocycles. The van der Waals surface area contributed by atoms with Crippen molar-refractivity contribution in [1.29, 1.82) is 0 Å². The zero-order chi connectivity index (χ0) is 18.4. The van der Waals surface area contributed by atoms with E-state index in [9.17, 15) is 14.9 Å². The Morgan fingerprint density at radius 1 is 1.31 bits per heavy atom. The van der Waals surface area contributed by atoms with E-state index in [1.54, 1.807) is 0 Å². The maximum absolute atomic E-state index is 12.0. The molecular weight excluding hydrogens is 362 g/mol. The molecule has 4 aliphatic rings. The first kappa shape index (κ1) is 17.3. The number of nitrogens with one attached hydrogen (secondary N) is 1. The number of rotatable bonds is 4. The average Bonchev–Trinajstić information content (AvgIpc) is 2.59. The topological polar surface area (TPSA) is 110 Å². The van der Waals surface area contributed by atoms with Gasteiger partial charge in [0, 0.05) is 0 Å². The SMILES string of the molecule is COC(=O)NN(c1nc(Cl)ncc1[N+](=O)[O-])C1C2CC3CC(C2)CC1C3. The van der Waals surface area contributed by atoms with Crippen molar-refractivity contribution in [2.24, 2.45) is 23.7 Å². The van der Waals surface area contributed by atoms with Crippen molar-refractivity contribution < 1.29 is 14.5 Å². The summed E-state index contributed by atoms with van der Waals surface area (Å²) in [6, 6.07) is -0.0634. The standard InChI is InChI=1S/C16H20ClN5O4/c1-26-16(23)20-21(14-12(22(24)25)7-18-15(17)19-14)13-10-3-8-2-9(5-10)6-11(13)4-8/h7-11,13H,2-6H2,1H3,(H,20,23). The van der Waals surface area contributed by atoms with Crippen LogP contribution in [0.3, 0.4) is 0 Å². The molecule has 1 amide bonds. The molecule has 1 heterocycles. The Morgan fingerprint density at radius 2 is 1.92 bits per heavy atom. The first-order chi connectivity index (χ1) is 12.5. The number of ether oxygens (including phenoxy) is 1. The highest BCUT2D eigenvalue weighted by atomic mass is 35.5. The van der Waals surface area contributed by atoms with Crippen molar-refractivity contribution in [2.45, 2.75) is 38.1 Å². The molecule has 0 radical (unpaired) electrons. The smallest absolute Gasteiger partial charge is 0.425 e. The van der Waals surface area contributed by atoms with Crippen molar-refractivity contribution in [3.8, 4) is 0 Å². The molecule has 26 heavy (non-hydrogen) atoms. The molecule has 4 bridgehead atoms. The van der Waals surface area contributed by atoms with Crippen LogP contribution in [0.4, 0.5) is 16.3 Å². The lowest BCUT2D eigenvalue weighted by Gasteiger charge is -2.56. The van der Waals surface area contributed by atoms with Gasteiger partial charge in [0.25, 0.3) is 0 Å². The van der Waals surface area contributed by atoms with Gasteiger partial charge < -0.3 is 4.74 Å². The van der Waals surface area contributed by atoms with Crippen LogP contribution < -0.4 is 10.4 Å². The van der Waals surface area contributed by atoms with Gasteiger partial charge in [0.1, 0.15) is 6.20 Å². The fraction of sp³-hybridized carbons (Fsp3) is 0.688. The molecular formula is C16H20ClN5O4. The monoisotopic (exact) mass is 381 g/mol. The van der Waals surface area contributed by atoms with Crippen LogP contribution in [-0.2, 0) is 4.74 Å². The molecule has 1 aromatic heterocycles. The summed E-state index contributed by atoms with van der Waals surface area (Å²) in [5.41, 5.74) is 2.36. The largest absolute Gasteiger partial charge is 0.452 e. The lowest BCUT2D eigenvalue weighted by molar-refractivity contribution is -0.384. The summed E-state index contributed by atoms with van der Waals surface area (Å²) >= 11 is 5.91. The highest BCUT2D eigenvalue weighted by Crippen LogP contribution is 2.55. The first-order valence-corrected chi connectivity index (χ1v) is 9.14. The predicted molar refractivity (Wildman–Crippen MR) is 92.5 cm³/mol. The van der Waals surface area contributed by atoms with Gasteiger partial charge in [0.05, 0.1) is 18.1 Å². The molecule has 0 aliphatic heterocycles. The van der Waals surface area contributed by atoms with Crippen LogP contribution >= 0.6 is 11.6 Å². The minimum atomic E-state index is -0.692. The van der Waals surface area contributed by atoms with E-state index >= 15 is 0 Å². The predicted octanol–water partition coefficient (Wildman–Crippen LogP) is 2.94. The van der Waals surface area contributed by atoms with E-state index in [2.05, 4.69) is 15.4 Å². The fourth-order valence-electron chi connectivity index (χ4n) is 5.38. The highest BCUT2D eigenvalue weighted by molar-refractivity contribution is 6.28. The molecule has 9 nitrogen and oxygen atoms in total. The third-order valence-corrected chi connectivity index (χ3v) is 6.20. The Kier molecular flexibility index (Phi) is 4.34. The minimum Gasteiger partial charge on any atom is -0.452 e. The lowest BCUT2D eigenvalue weighted by atomic mass is 9.54. The van der Waals surface area contributed by atoms with E-state index in [-0.39, 0.29) is 22.8 Å². The summed E-state index contributed by atoms with van der Waals surface area (Å²) in [7, 11) is 1.26. The van der Waals surface area contributed by atoms with Gasteiger partial charge in [-0.1, -0.05) is 0 Å². The molecule has 4 aliphatic carbocycles. The van der Waals surface area contributed by atoms with E-state index in [4.69, 9.17) is 16.3 Å². The Morgan fingerprint density at radius 3 is 2.46 bits per heavy atom.